The van der Waals surface area contributed by atoms with E-state index in [-0.39, 0.29) is 23.8 Å². The fourth-order valence-corrected chi connectivity index (χ4v) is 7.26. The van der Waals surface area contributed by atoms with Gasteiger partial charge in [0.2, 0.25) is 0 Å². The zero-order valence-electron chi connectivity index (χ0n) is 25.0. The van der Waals surface area contributed by atoms with Crippen LogP contribution in [0.4, 0.5) is 0 Å². The summed E-state index contributed by atoms with van der Waals surface area (Å²) >= 11 is 20.2. The predicted molar refractivity (Wildman–Crippen MR) is 183 cm³/mol. The molecule has 0 bridgehead atoms. The molecule has 0 spiro atoms. The Kier molecular flexibility index (Phi) is 9.25. The number of aromatic nitrogens is 1. The van der Waals surface area contributed by atoms with Crippen LogP contribution in [0.1, 0.15) is 36.6 Å². The number of hydrogen-bond acceptors (Lipinski definition) is 7. The zero-order valence-corrected chi connectivity index (χ0v) is 28.1. The van der Waals surface area contributed by atoms with Gasteiger partial charge in [-0.1, -0.05) is 94.7 Å². The molecule has 1 aliphatic heterocycles. The van der Waals surface area contributed by atoms with Crippen molar-refractivity contribution in [1.29, 1.82) is 0 Å². The molecule has 0 amide bonds. The predicted octanol–water partition coefficient (Wildman–Crippen LogP) is 7.50. The maximum atomic E-state index is 14.2. The summed E-state index contributed by atoms with van der Waals surface area (Å²) < 4.78 is 19.0. The van der Waals surface area contributed by atoms with Crippen LogP contribution in [0.15, 0.2) is 93.9 Å². The molecule has 0 aliphatic carbocycles. The van der Waals surface area contributed by atoms with E-state index in [1.165, 1.54) is 18.4 Å². The second-order valence-corrected chi connectivity index (χ2v) is 12.7. The van der Waals surface area contributed by atoms with Gasteiger partial charge in [-0.25, -0.2) is 9.79 Å². The number of carbonyl (C=O) groups is 1. The number of ether oxygens (including phenoxy) is 3. The summed E-state index contributed by atoms with van der Waals surface area (Å²) in [6, 6.07) is 21.6. The quantitative estimate of drug-likeness (QED) is 0.157. The first-order chi connectivity index (χ1) is 22.2. The molecule has 0 saturated heterocycles. The standard InChI is InChI=1S/C35H27Cl3N2O5S/c1-4-44-34(42)30-19(2)39-35-40(31(30)25-11-7-9-21-8-5-6-10-24(21)25)33(41)29(46-35)16-20-14-27(38)32(28(15-20)43-3)45-18-22-12-13-23(36)17-26(22)37/h5-17,31H,4,18H2,1-3H3/b29-16+/t31-/m1/s1. The lowest BCUT2D eigenvalue weighted by atomic mass is 9.91. The Morgan fingerprint density at radius 1 is 1.02 bits per heavy atom. The van der Waals surface area contributed by atoms with E-state index in [4.69, 9.17) is 54.0 Å². The van der Waals surface area contributed by atoms with Crippen LogP contribution in [0.2, 0.25) is 15.1 Å². The number of benzene rings is 4. The largest absolute Gasteiger partial charge is 0.493 e. The number of carbonyl (C=O) groups excluding carboxylic acids is 1. The number of thiazole rings is 1. The van der Waals surface area contributed by atoms with E-state index in [9.17, 15) is 9.59 Å². The number of allylic oxidation sites excluding steroid dienone is 1. The minimum Gasteiger partial charge on any atom is -0.493 e. The maximum absolute atomic E-state index is 14.2. The Morgan fingerprint density at radius 3 is 2.57 bits per heavy atom. The highest BCUT2D eigenvalue weighted by molar-refractivity contribution is 7.07. The van der Waals surface area contributed by atoms with Crippen molar-refractivity contribution in [3.05, 3.63) is 136 Å². The van der Waals surface area contributed by atoms with Gasteiger partial charge in [0.25, 0.3) is 5.56 Å². The molecule has 5 aromatic rings. The average molecular weight is 694 g/mol. The molecule has 234 valence electrons. The molecule has 4 aromatic carbocycles. The van der Waals surface area contributed by atoms with Crippen LogP contribution in [-0.4, -0.2) is 24.3 Å². The van der Waals surface area contributed by atoms with E-state index in [1.54, 1.807) is 54.8 Å². The smallest absolute Gasteiger partial charge is 0.338 e. The van der Waals surface area contributed by atoms with Crippen LogP contribution in [0, 0.1) is 0 Å². The molecule has 2 heterocycles. The monoisotopic (exact) mass is 692 g/mol. The lowest BCUT2D eigenvalue weighted by Crippen LogP contribution is -2.40. The first-order valence-corrected chi connectivity index (χ1v) is 16.3. The summed E-state index contributed by atoms with van der Waals surface area (Å²) in [5.74, 6) is 0.202. The summed E-state index contributed by atoms with van der Waals surface area (Å²) in [4.78, 5) is 32.7. The Bertz CT molecular complexity index is 2220. The van der Waals surface area contributed by atoms with Gasteiger partial charge in [-0.2, -0.15) is 0 Å². The van der Waals surface area contributed by atoms with Crippen molar-refractivity contribution in [2.75, 3.05) is 13.7 Å². The second-order valence-electron chi connectivity index (χ2n) is 10.4. The molecular formula is C35H27Cl3N2O5S. The van der Waals surface area contributed by atoms with E-state index < -0.39 is 12.0 Å². The van der Waals surface area contributed by atoms with Crippen molar-refractivity contribution >= 4 is 69.0 Å². The SMILES string of the molecule is CCOC(=O)C1=C(C)N=c2s/c(=C/c3cc(Cl)c(OCc4ccc(Cl)cc4Cl)c(OC)c3)c(=O)n2[C@@H]1c1cccc2ccccc12. The molecule has 46 heavy (non-hydrogen) atoms. The van der Waals surface area contributed by atoms with Crippen molar-refractivity contribution in [1.82, 2.24) is 4.57 Å². The first kappa shape index (κ1) is 31.9. The van der Waals surface area contributed by atoms with Gasteiger partial charge in [-0.15, -0.1) is 0 Å². The minimum atomic E-state index is -0.739. The van der Waals surface area contributed by atoms with E-state index in [0.29, 0.717) is 47.7 Å². The van der Waals surface area contributed by atoms with Crippen molar-refractivity contribution in [2.45, 2.75) is 26.5 Å². The average Bonchev–Trinajstić information content (AvgIpc) is 3.33. The summed E-state index contributed by atoms with van der Waals surface area (Å²) in [7, 11) is 1.51. The van der Waals surface area contributed by atoms with Gasteiger partial charge < -0.3 is 14.2 Å². The lowest BCUT2D eigenvalue weighted by molar-refractivity contribution is -0.139. The van der Waals surface area contributed by atoms with Gasteiger partial charge in [-0.05, 0) is 66.1 Å². The Labute approximate surface area is 283 Å². The highest BCUT2D eigenvalue weighted by atomic mass is 35.5. The molecule has 0 saturated carbocycles. The second kappa shape index (κ2) is 13.3. The summed E-state index contributed by atoms with van der Waals surface area (Å²) in [6.07, 6.45) is 1.72. The summed E-state index contributed by atoms with van der Waals surface area (Å²) in [6.45, 7) is 3.85. The molecular weight excluding hydrogens is 667 g/mol. The fourth-order valence-electron chi connectivity index (χ4n) is 5.48. The van der Waals surface area contributed by atoms with Crippen LogP contribution in [0.5, 0.6) is 11.5 Å². The Balaban J connectivity index is 1.45. The molecule has 0 unspecified atom stereocenters. The number of nitrogens with zero attached hydrogens (tertiary/aromatic N) is 2. The fraction of sp³-hybridized carbons (Fsp3) is 0.171. The number of hydrogen-bond donors (Lipinski definition) is 0. The van der Waals surface area contributed by atoms with Crippen molar-refractivity contribution in [3.8, 4) is 11.5 Å². The van der Waals surface area contributed by atoms with Crippen LogP contribution in [-0.2, 0) is 16.1 Å². The van der Waals surface area contributed by atoms with Crippen LogP contribution in [0.25, 0.3) is 16.8 Å². The third kappa shape index (κ3) is 6.06. The summed E-state index contributed by atoms with van der Waals surface area (Å²) in [5, 5.41) is 3.19. The van der Waals surface area contributed by atoms with Crippen molar-refractivity contribution in [2.24, 2.45) is 4.99 Å². The number of methoxy groups -OCH3 is 1. The van der Waals surface area contributed by atoms with Gasteiger partial charge in [0.05, 0.1) is 40.6 Å². The molecule has 1 aromatic heterocycles. The Hall–Kier alpha value is -4.08. The third-order valence-electron chi connectivity index (χ3n) is 7.57. The minimum absolute atomic E-state index is 0.139. The molecule has 0 N–H and O–H groups in total. The Morgan fingerprint density at radius 2 is 1.80 bits per heavy atom. The normalized spacial score (nSPS) is 14.7. The van der Waals surface area contributed by atoms with Gasteiger partial charge in [0.15, 0.2) is 16.3 Å². The molecule has 0 radical (unpaired) electrons. The summed E-state index contributed by atoms with van der Waals surface area (Å²) in [5.41, 5.74) is 2.67. The lowest BCUT2D eigenvalue weighted by Gasteiger charge is -2.25. The molecule has 0 fully saturated rings. The van der Waals surface area contributed by atoms with E-state index >= 15 is 0 Å². The van der Waals surface area contributed by atoms with Crippen molar-refractivity contribution < 1.29 is 19.0 Å². The van der Waals surface area contributed by atoms with Crippen LogP contribution >= 0.6 is 46.1 Å². The number of fused-ring (bicyclic) bond motifs is 2. The van der Waals surface area contributed by atoms with Gasteiger partial charge in [0, 0.05) is 15.6 Å². The highest BCUT2D eigenvalue weighted by Gasteiger charge is 2.34. The van der Waals surface area contributed by atoms with Crippen molar-refractivity contribution in [3.63, 3.8) is 0 Å². The van der Waals surface area contributed by atoms with E-state index in [0.717, 1.165) is 21.9 Å². The van der Waals surface area contributed by atoms with Crippen LogP contribution < -0.4 is 24.4 Å². The van der Waals surface area contributed by atoms with Gasteiger partial charge >= 0.3 is 5.97 Å². The molecule has 6 rings (SSSR count). The first-order valence-electron chi connectivity index (χ1n) is 14.3. The van der Waals surface area contributed by atoms with Gasteiger partial charge in [-0.3, -0.25) is 9.36 Å². The number of rotatable bonds is 8. The molecule has 1 aliphatic rings. The number of halogens is 3. The topological polar surface area (TPSA) is 79.1 Å². The molecule has 1 atom stereocenters. The highest BCUT2D eigenvalue weighted by Crippen LogP contribution is 2.38. The zero-order chi connectivity index (χ0) is 32.5. The molecule has 7 nitrogen and oxygen atoms in total. The maximum Gasteiger partial charge on any atom is 0.338 e. The van der Waals surface area contributed by atoms with Crippen LogP contribution in [0.3, 0.4) is 0 Å². The van der Waals surface area contributed by atoms with E-state index in [1.807, 2.05) is 42.5 Å². The molecule has 11 heteroatoms. The van der Waals surface area contributed by atoms with Gasteiger partial charge in [0.1, 0.15) is 6.61 Å². The van der Waals surface area contributed by atoms with E-state index in [2.05, 4.69) is 0 Å². The number of esters is 1. The third-order valence-corrected chi connectivity index (χ3v) is 9.42.